The molecule has 0 aliphatic heterocycles. The molecule has 1 rings (SSSR count). The fourth-order valence-corrected chi connectivity index (χ4v) is 1.03. The van der Waals surface area contributed by atoms with Crippen LogP contribution in [0.4, 0.5) is 8.78 Å². The zero-order valence-corrected chi connectivity index (χ0v) is 7.07. The van der Waals surface area contributed by atoms with Crippen molar-refractivity contribution in [2.24, 2.45) is 0 Å². The molecule has 0 spiro atoms. The number of nitriles is 1. The highest BCUT2D eigenvalue weighted by Crippen LogP contribution is 2.30. The number of aromatic hydroxyl groups is 1. The summed E-state index contributed by atoms with van der Waals surface area (Å²) in [5.74, 6) is -2.72. The number of hydrogen-bond donors (Lipinski definition) is 1. The lowest BCUT2D eigenvalue weighted by molar-refractivity contribution is 0.458. The fraction of sp³-hybridized carbons (Fsp3) is 0.125. The van der Waals surface area contributed by atoms with Crippen molar-refractivity contribution in [3.8, 4) is 11.8 Å². The van der Waals surface area contributed by atoms with Crippen LogP contribution in [0.5, 0.6) is 5.75 Å². The van der Waals surface area contributed by atoms with Gasteiger partial charge >= 0.3 is 0 Å². The molecular formula is C8H4ClF2NO. The molecular weight excluding hydrogens is 200 g/mol. The van der Waals surface area contributed by atoms with Crippen molar-refractivity contribution in [3.63, 3.8) is 0 Å². The Bertz CT molecular complexity index is 387. The molecule has 0 saturated carbocycles. The van der Waals surface area contributed by atoms with E-state index in [0.29, 0.717) is 6.07 Å². The number of benzene rings is 1. The van der Waals surface area contributed by atoms with E-state index in [-0.39, 0.29) is 0 Å². The number of nitrogens with zero attached hydrogens (tertiary/aromatic N) is 1. The minimum absolute atomic E-state index is 0.419. The van der Waals surface area contributed by atoms with Gasteiger partial charge in [0.1, 0.15) is 16.6 Å². The maximum absolute atomic E-state index is 13.0. The van der Waals surface area contributed by atoms with Gasteiger partial charge in [-0.05, 0) is 0 Å². The molecule has 0 aromatic heterocycles. The number of phenols is 1. The van der Waals surface area contributed by atoms with E-state index in [2.05, 4.69) is 0 Å². The molecule has 68 valence electrons. The fourth-order valence-electron chi connectivity index (χ4n) is 0.861. The summed E-state index contributed by atoms with van der Waals surface area (Å²) in [6.07, 6.45) is -0.419. The first-order valence-electron chi connectivity index (χ1n) is 3.30. The van der Waals surface area contributed by atoms with Gasteiger partial charge in [0.25, 0.3) is 0 Å². The highest BCUT2D eigenvalue weighted by Gasteiger charge is 2.16. The van der Waals surface area contributed by atoms with E-state index >= 15 is 0 Å². The Morgan fingerprint density at radius 2 is 2.15 bits per heavy atom. The lowest BCUT2D eigenvalue weighted by Gasteiger charge is -2.03. The van der Waals surface area contributed by atoms with Gasteiger partial charge in [0.15, 0.2) is 5.82 Å². The zero-order valence-electron chi connectivity index (χ0n) is 6.31. The first kappa shape index (κ1) is 9.75. The standard InChI is InChI=1S/C8H4ClF2NO/c9-7-6(13)3-5(10)4(1-2-12)8(7)11/h3,13H,1H2. The van der Waals surface area contributed by atoms with E-state index < -0.39 is 34.4 Å². The van der Waals surface area contributed by atoms with Crippen LogP contribution in [-0.2, 0) is 6.42 Å². The van der Waals surface area contributed by atoms with Crippen molar-refractivity contribution < 1.29 is 13.9 Å². The van der Waals surface area contributed by atoms with Crippen molar-refractivity contribution in [2.75, 3.05) is 0 Å². The third-order valence-corrected chi connectivity index (χ3v) is 1.85. The molecule has 13 heavy (non-hydrogen) atoms. The van der Waals surface area contributed by atoms with Crippen molar-refractivity contribution in [1.82, 2.24) is 0 Å². The quantitative estimate of drug-likeness (QED) is 0.713. The zero-order chi connectivity index (χ0) is 10.0. The van der Waals surface area contributed by atoms with Gasteiger partial charge in [-0.15, -0.1) is 0 Å². The smallest absolute Gasteiger partial charge is 0.152 e. The van der Waals surface area contributed by atoms with Gasteiger partial charge in [0, 0.05) is 11.6 Å². The van der Waals surface area contributed by atoms with Crippen LogP contribution >= 0.6 is 11.6 Å². The molecule has 0 aliphatic rings. The van der Waals surface area contributed by atoms with Crippen LogP contribution in [0.1, 0.15) is 5.56 Å². The average molecular weight is 204 g/mol. The summed E-state index contributed by atoms with van der Waals surface area (Å²) < 4.78 is 25.9. The molecule has 1 aromatic rings. The molecule has 2 nitrogen and oxygen atoms in total. The van der Waals surface area contributed by atoms with Crippen LogP contribution in [0.25, 0.3) is 0 Å². The summed E-state index contributed by atoms with van der Waals surface area (Å²) in [6, 6.07) is 2.27. The molecule has 1 aromatic carbocycles. The molecule has 0 saturated heterocycles. The van der Waals surface area contributed by atoms with Gasteiger partial charge in [-0.1, -0.05) is 11.6 Å². The van der Waals surface area contributed by atoms with Gasteiger partial charge in [-0.25, -0.2) is 8.78 Å². The lowest BCUT2D eigenvalue weighted by atomic mass is 10.1. The highest BCUT2D eigenvalue weighted by atomic mass is 35.5. The van der Waals surface area contributed by atoms with E-state index in [0.717, 1.165) is 0 Å². The van der Waals surface area contributed by atoms with Crippen LogP contribution in [0.3, 0.4) is 0 Å². The van der Waals surface area contributed by atoms with Gasteiger partial charge < -0.3 is 5.11 Å². The predicted octanol–water partition coefficient (Wildman–Crippen LogP) is 2.39. The summed E-state index contributed by atoms with van der Waals surface area (Å²) in [5.41, 5.74) is -0.426. The second-order valence-corrected chi connectivity index (χ2v) is 2.70. The Kier molecular flexibility index (Phi) is 2.69. The first-order valence-corrected chi connectivity index (χ1v) is 3.68. The Hall–Kier alpha value is -1.34. The molecule has 0 atom stereocenters. The van der Waals surface area contributed by atoms with Crippen LogP contribution < -0.4 is 0 Å². The Balaban J connectivity index is 3.36. The third-order valence-electron chi connectivity index (χ3n) is 1.49. The predicted molar refractivity (Wildman–Crippen MR) is 42.3 cm³/mol. The SMILES string of the molecule is N#CCc1c(F)cc(O)c(Cl)c1F. The summed E-state index contributed by atoms with van der Waals surface area (Å²) in [7, 11) is 0. The largest absolute Gasteiger partial charge is 0.506 e. The van der Waals surface area contributed by atoms with E-state index in [1.165, 1.54) is 0 Å². The van der Waals surface area contributed by atoms with Gasteiger partial charge in [-0.2, -0.15) is 5.26 Å². The van der Waals surface area contributed by atoms with E-state index in [4.69, 9.17) is 22.0 Å². The van der Waals surface area contributed by atoms with Crippen LogP contribution in [0, 0.1) is 23.0 Å². The Morgan fingerprint density at radius 3 is 2.69 bits per heavy atom. The number of rotatable bonds is 1. The molecule has 0 unspecified atom stereocenters. The van der Waals surface area contributed by atoms with Gasteiger partial charge in [0.2, 0.25) is 0 Å². The molecule has 0 amide bonds. The minimum Gasteiger partial charge on any atom is -0.506 e. The van der Waals surface area contributed by atoms with E-state index in [1.54, 1.807) is 6.07 Å². The third kappa shape index (κ3) is 1.70. The lowest BCUT2D eigenvalue weighted by Crippen LogP contribution is -1.95. The Labute approximate surface area is 78.0 Å². The van der Waals surface area contributed by atoms with E-state index in [9.17, 15) is 8.78 Å². The monoisotopic (exact) mass is 203 g/mol. The summed E-state index contributed by atoms with van der Waals surface area (Å²) in [4.78, 5) is 0. The topological polar surface area (TPSA) is 44.0 Å². The Morgan fingerprint density at radius 1 is 1.54 bits per heavy atom. The number of phenolic OH excluding ortho intramolecular Hbond substituents is 1. The maximum Gasteiger partial charge on any atom is 0.152 e. The number of halogens is 3. The molecule has 0 aliphatic carbocycles. The van der Waals surface area contributed by atoms with Crippen LogP contribution in [0.15, 0.2) is 6.07 Å². The van der Waals surface area contributed by atoms with Crippen LogP contribution in [-0.4, -0.2) is 5.11 Å². The second kappa shape index (κ2) is 3.58. The van der Waals surface area contributed by atoms with Crippen molar-refractivity contribution in [3.05, 3.63) is 28.3 Å². The van der Waals surface area contributed by atoms with Crippen molar-refractivity contribution in [2.45, 2.75) is 6.42 Å². The average Bonchev–Trinajstić information content (AvgIpc) is 2.09. The first-order chi connectivity index (χ1) is 6.07. The summed E-state index contributed by atoms with van der Waals surface area (Å²) in [5, 5.41) is 16.6. The van der Waals surface area contributed by atoms with E-state index in [1.807, 2.05) is 0 Å². The van der Waals surface area contributed by atoms with Gasteiger partial charge in [-0.3, -0.25) is 0 Å². The summed E-state index contributed by atoms with van der Waals surface area (Å²) >= 11 is 5.29. The van der Waals surface area contributed by atoms with Gasteiger partial charge in [0.05, 0.1) is 12.5 Å². The molecule has 0 fully saturated rings. The molecule has 0 bridgehead atoms. The van der Waals surface area contributed by atoms with Crippen molar-refractivity contribution >= 4 is 11.6 Å². The molecule has 5 heteroatoms. The molecule has 0 radical (unpaired) electrons. The second-order valence-electron chi connectivity index (χ2n) is 2.32. The number of hydrogen-bond acceptors (Lipinski definition) is 2. The highest BCUT2D eigenvalue weighted by molar-refractivity contribution is 6.32. The van der Waals surface area contributed by atoms with Crippen LogP contribution in [0.2, 0.25) is 5.02 Å². The minimum atomic E-state index is -1.08. The molecule has 0 heterocycles. The van der Waals surface area contributed by atoms with Crippen molar-refractivity contribution in [1.29, 1.82) is 5.26 Å². The summed E-state index contributed by atoms with van der Waals surface area (Å²) in [6.45, 7) is 0. The normalized spacial score (nSPS) is 9.69. The maximum atomic E-state index is 13.0. The molecule has 1 N–H and O–H groups in total.